The monoisotopic (exact) mass is 539 g/mol. The van der Waals surface area contributed by atoms with Gasteiger partial charge in [-0.1, -0.05) is 151 Å². The molecule has 0 spiro atoms. The quantitative estimate of drug-likeness (QED) is 0.174. The van der Waals surface area contributed by atoms with Gasteiger partial charge in [0, 0.05) is 23.1 Å². The first-order valence-corrected chi connectivity index (χ1v) is 14.4. The molecule has 0 amide bonds. The number of hydrogen-bond acceptors (Lipinski definition) is 1. The highest BCUT2D eigenvalue weighted by atomic mass is 15.1. The molecule has 0 unspecified atom stereocenters. The van der Waals surface area contributed by atoms with Crippen molar-refractivity contribution in [1.29, 1.82) is 0 Å². The molecule has 0 saturated heterocycles. The topological polar surface area (TPSA) is 3.24 Å². The van der Waals surface area contributed by atoms with E-state index in [9.17, 15) is 0 Å². The first-order chi connectivity index (χ1) is 20.7. The van der Waals surface area contributed by atoms with Crippen molar-refractivity contribution in [1.82, 2.24) is 0 Å². The van der Waals surface area contributed by atoms with Crippen molar-refractivity contribution in [2.45, 2.75) is 6.92 Å². The zero-order chi connectivity index (χ0) is 28.6. The second kappa shape index (κ2) is 12.8. The second-order valence-electron chi connectivity index (χ2n) is 10.4. The highest BCUT2D eigenvalue weighted by molar-refractivity contribution is 5.91. The molecule has 0 atom stereocenters. The maximum Gasteiger partial charge on any atom is 0.0456 e. The van der Waals surface area contributed by atoms with E-state index in [1.54, 1.807) is 0 Å². The van der Waals surface area contributed by atoms with Gasteiger partial charge in [0.15, 0.2) is 0 Å². The summed E-state index contributed by atoms with van der Waals surface area (Å²) in [7, 11) is 0. The molecule has 0 aliphatic rings. The molecule has 0 N–H and O–H groups in total. The number of benzene rings is 6. The Labute approximate surface area is 249 Å². The van der Waals surface area contributed by atoms with Crippen LogP contribution in [0.1, 0.15) is 33.4 Å². The molecule has 0 bridgehead atoms. The Hall–Kier alpha value is -5.40. The van der Waals surface area contributed by atoms with Crippen LogP contribution in [0.5, 0.6) is 0 Å². The lowest BCUT2D eigenvalue weighted by atomic mass is 9.95. The molecule has 6 aromatic carbocycles. The summed E-state index contributed by atoms with van der Waals surface area (Å²) in [6.45, 7) is 2.13. The van der Waals surface area contributed by atoms with Gasteiger partial charge in [0.05, 0.1) is 0 Å². The van der Waals surface area contributed by atoms with Crippen LogP contribution >= 0.6 is 0 Å². The third-order valence-corrected chi connectivity index (χ3v) is 7.39. The van der Waals surface area contributed by atoms with Crippen LogP contribution in [0.15, 0.2) is 176 Å². The molecule has 0 aliphatic carbocycles. The van der Waals surface area contributed by atoms with Crippen molar-refractivity contribution in [3.63, 3.8) is 0 Å². The van der Waals surface area contributed by atoms with E-state index in [4.69, 9.17) is 0 Å². The molecule has 1 heteroatoms. The van der Waals surface area contributed by atoms with E-state index in [1.165, 1.54) is 33.4 Å². The van der Waals surface area contributed by atoms with E-state index >= 15 is 0 Å². The Morgan fingerprint density at radius 3 is 1.17 bits per heavy atom. The van der Waals surface area contributed by atoms with Crippen LogP contribution in [0.2, 0.25) is 0 Å². The predicted octanol–water partition coefficient (Wildman–Crippen LogP) is 10.8. The van der Waals surface area contributed by atoms with Crippen LogP contribution in [0, 0.1) is 6.92 Å². The molecule has 0 fully saturated rings. The van der Waals surface area contributed by atoms with Crippen LogP contribution in [0.3, 0.4) is 0 Å². The molecule has 6 rings (SSSR count). The van der Waals surface area contributed by atoms with E-state index < -0.39 is 0 Å². The average molecular weight is 540 g/mol. The smallest absolute Gasteiger partial charge is 0.0456 e. The first-order valence-electron chi connectivity index (χ1n) is 14.4. The van der Waals surface area contributed by atoms with Crippen LogP contribution in [-0.4, -0.2) is 0 Å². The van der Waals surface area contributed by atoms with E-state index in [0.717, 1.165) is 22.5 Å². The average Bonchev–Trinajstić information content (AvgIpc) is 3.07. The summed E-state index contributed by atoms with van der Waals surface area (Å²) >= 11 is 0. The molecule has 1 nitrogen and oxygen atoms in total. The van der Waals surface area contributed by atoms with Gasteiger partial charge in [-0.25, -0.2) is 0 Å². The molecular formula is C41H33N. The summed E-state index contributed by atoms with van der Waals surface area (Å²) in [6.07, 6.45) is 4.54. The third kappa shape index (κ3) is 6.32. The van der Waals surface area contributed by atoms with Crippen molar-refractivity contribution in [3.8, 4) is 0 Å². The van der Waals surface area contributed by atoms with Crippen molar-refractivity contribution < 1.29 is 0 Å². The third-order valence-electron chi connectivity index (χ3n) is 7.39. The summed E-state index contributed by atoms with van der Waals surface area (Å²) in [5, 5.41) is 0. The Kier molecular flexibility index (Phi) is 8.20. The second-order valence-corrected chi connectivity index (χ2v) is 10.4. The molecule has 0 saturated carbocycles. The summed E-state index contributed by atoms with van der Waals surface area (Å²) in [6, 6.07) is 60.0. The van der Waals surface area contributed by atoms with Gasteiger partial charge in [-0.05, 0) is 70.7 Å². The van der Waals surface area contributed by atoms with E-state index in [-0.39, 0.29) is 0 Å². The van der Waals surface area contributed by atoms with Crippen LogP contribution in [0.25, 0.3) is 17.2 Å². The van der Waals surface area contributed by atoms with Crippen molar-refractivity contribution >= 4 is 28.6 Å². The molecule has 0 aromatic heterocycles. The Bertz CT molecular complexity index is 1680. The van der Waals surface area contributed by atoms with Gasteiger partial charge in [-0.15, -0.1) is 0 Å². The zero-order valence-corrected chi connectivity index (χ0v) is 23.8. The van der Waals surface area contributed by atoms with Crippen molar-refractivity contribution in [2.75, 3.05) is 4.90 Å². The summed E-state index contributed by atoms with van der Waals surface area (Å²) < 4.78 is 0. The lowest BCUT2D eigenvalue weighted by Gasteiger charge is -2.24. The van der Waals surface area contributed by atoms with Crippen LogP contribution in [0.4, 0.5) is 11.4 Å². The highest BCUT2D eigenvalue weighted by Crippen LogP contribution is 2.33. The molecule has 42 heavy (non-hydrogen) atoms. The molecule has 0 radical (unpaired) electrons. The minimum atomic E-state index is 1.10. The Morgan fingerprint density at radius 2 is 0.762 bits per heavy atom. The zero-order valence-electron chi connectivity index (χ0n) is 23.8. The fraction of sp³-hybridized carbons (Fsp3) is 0.0244. The Morgan fingerprint density at radius 1 is 0.405 bits per heavy atom. The van der Waals surface area contributed by atoms with Crippen molar-refractivity contribution in [3.05, 3.63) is 209 Å². The molecule has 202 valence electrons. The minimum Gasteiger partial charge on any atom is -0.317 e. The van der Waals surface area contributed by atoms with Gasteiger partial charge in [-0.3, -0.25) is 0 Å². The number of aryl methyl sites for hydroxylation is 1. The lowest BCUT2D eigenvalue weighted by molar-refractivity contribution is 1.27. The molecule has 0 aliphatic heterocycles. The number of anilines is 2. The molecular weight excluding hydrogens is 506 g/mol. The highest BCUT2D eigenvalue weighted by Gasteiger charge is 2.12. The maximum absolute atomic E-state index is 2.29. The normalized spacial score (nSPS) is 10.5. The van der Waals surface area contributed by atoms with E-state index in [2.05, 4.69) is 194 Å². The summed E-state index contributed by atoms with van der Waals surface area (Å²) in [5.41, 5.74) is 11.7. The lowest BCUT2D eigenvalue weighted by Crippen LogP contribution is -2.10. The molecule has 0 heterocycles. The number of rotatable bonds is 8. The number of nitrogens with zero attached hydrogens (tertiary/aromatic N) is 1. The van der Waals surface area contributed by atoms with Gasteiger partial charge in [0.2, 0.25) is 0 Å². The van der Waals surface area contributed by atoms with E-state index in [1.807, 2.05) is 0 Å². The largest absolute Gasteiger partial charge is 0.317 e. The van der Waals surface area contributed by atoms with Crippen LogP contribution in [-0.2, 0) is 0 Å². The fourth-order valence-corrected chi connectivity index (χ4v) is 5.15. The van der Waals surface area contributed by atoms with Gasteiger partial charge >= 0.3 is 0 Å². The Balaban J connectivity index is 1.44. The standard InChI is InChI=1S/C41H33N/c1-32-22-26-38(27-23-32)42(31-41(36-18-10-4-11-19-36)37-20-12-5-13-21-37)39-28-24-33(25-29-39)30-40(34-14-6-2-7-15-34)35-16-8-3-9-17-35/h2-31H,1H3. The van der Waals surface area contributed by atoms with Gasteiger partial charge in [0.25, 0.3) is 0 Å². The van der Waals surface area contributed by atoms with Crippen LogP contribution < -0.4 is 4.90 Å². The van der Waals surface area contributed by atoms with E-state index in [0.29, 0.717) is 0 Å². The molecule has 6 aromatic rings. The summed E-state index contributed by atoms with van der Waals surface area (Å²) in [4.78, 5) is 2.29. The van der Waals surface area contributed by atoms with Gasteiger partial charge < -0.3 is 4.90 Å². The first kappa shape index (κ1) is 26.8. The van der Waals surface area contributed by atoms with Crippen molar-refractivity contribution in [2.24, 2.45) is 0 Å². The SMILES string of the molecule is Cc1ccc(N(C=C(c2ccccc2)c2ccccc2)c2ccc(C=C(c3ccccc3)c3ccccc3)cc2)cc1. The number of hydrogen-bond donors (Lipinski definition) is 0. The van der Waals surface area contributed by atoms with Gasteiger partial charge in [-0.2, -0.15) is 0 Å². The fourth-order valence-electron chi connectivity index (χ4n) is 5.15. The summed E-state index contributed by atoms with van der Waals surface area (Å²) in [5.74, 6) is 0. The maximum atomic E-state index is 2.29. The van der Waals surface area contributed by atoms with Gasteiger partial charge in [0.1, 0.15) is 0 Å². The minimum absolute atomic E-state index is 1.10. The predicted molar refractivity (Wildman–Crippen MR) is 180 cm³/mol.